The molecule has 8 heterocycles. The SMILES string of the molecule is CS(=O)(=O)CC(=O)O.Cc1cc(C2(C)CC(c3ccc4c(c3)COC43CN(C(=O)CS(C)(=O)=O)C3)=NO2)n(C)n1.Cc1cc(C2(C)CC(c3ccc4c(c3)COC43CNC3)=NO2)n(C)n1. The number of hydrogen-bond acceptors (Lipinski definition) is 15. The van der Waals surface area contributed by atoms with E-state index in [1.165, 1.54) is 11.1 Å². The van der Waals surface area contributed by atoms with Crippen molar-refractivity contribution < 1.29 is 50.7 Å². The first-order valence-electron chi connectivity index (χ1n) is 21.0. The molecule has 2 N–H and O–H groups in total. The number of nitrogens with zero attached hydrogens (tertiary/aromatic N) is 7. The van der Waals surface area contributed by atoms with E-state index in [2.05, 4.69) is 63.1 Å². The summed E-state index contributed by atoms with van der Waals surface area (Å²) in [4.78, 5) is 35.1. The van der Waals surface area contributed by atoms with Crippen molar-refractivity contribution in [2.24, 2.45) is 24.4 Å². The Labute approximate surface area is 377 Å². The number of aromatic nitrogens is 4. The second kappa shape index (κ2) is 16.4. The van der Waals surface area contributed by atoms with Gasteiger partial charge in [0.1, 0.15) is 22.7 Å². The van der Waals surface area contributed by atoms with Gasteiger partial charge < -0.3 is 34.5 Å². The van der Waals surface area contributed by atoms with Crippen molar-refractivity contribution >= 4 is 43.0 Å². The van der Waals surface area contributed by atoms with E-state index in [4.69, 9.17) is 24.3 Å². The van der Waals surface area contributed by atoms with Gasteiger partial charge in [-0.3, -0.25) is 19.0 Å². The van der Waals surface area contributed by atoms with E-state index in [1.807, 2.05) is 62.4 Å². The minimum Gasteiger partial charge on any atom is -0.480 e. The largest absolute Gasteiger partial charge is 0.480 e. The van der Waals surface area contributed by atoms with E-state index in [0.717, 1.165) is 88.5 Å². The van der Waals surface area contributed by atoms with Crippen LogP contribution in [0.1, 0.15) is 82.8 Å². The molecule has 2 atom stereocenters. The smallest absolute Gasteiger partial charge is 0.318 e. The zero-order valence-corrected chi connectivity index (χ0v) is 39.3. The topological polar surface area (TPSA) is 235 Å². The molecule has 2 unspecified atom stereocenters. The number of sulfone groups is 2. The maximum atomic E-state index is 12.2. The molecule has 0 radical (unpaired) electrons. The molecule has 2 spiro atoms. The summed E-state index contributed by atoms with van der Waals surface area (Å²) >= 11 is 0. The van der Waals surface area contributed by atoms with Crippen molar-refractivity contribution in [3.63, 3.8) is 0 Å². The van der Waals surface area contributed by atoms with Crippen LogP contribution in [-0.2, 0) is 98.1 Å². The predicted molar refractivity (Wildman–Crippen MR) is 237 cm³/mol. The van der Waals surface area contributed by atoms with Crippen molar-refractivity contribution in [2.45, 2.75) is 76.2 Å². The zero-order valence-electron chi connectivity index (χ0n) is 37.7. The summed E-state index contributed by atoms with van der Waals surface area (Å²) in [6, 6.07) is 16.8. The fraction of sp³-hybridized carbons (Fsp3) is 0.500. The lowest BCUT2D eigenvalue weighted by atomic mass is 9.84. The number of hydrogen-bond donors (Lipinski definition) is 2. The first-order chi connectivity index (χ1) is 30.4. The molecule has 0 saturated carbocycles. The second-order valence-electron chi connectivity index (χ2n) is 18.4. The minimum atomic E-state index is -3.35. The summed E-state index contributed by atoms with van der Waals surface area (Å²) in [7, 11) is -2.81. The molecule has 6 aliphatic rings. The molecule has 2 aromatic heterocycles. The van der Waals surface area contributed by atoms with Gasteiger partial charge in [0.2, 0.25) is 5.91 Å². The first kappa shape index (κ1) is 46.1. The maximum absolute atomic E-state index is 12.2. The number of fused-ring (bicyclic) bond motifs is 4. The van der Waals surface area contributed by atoms with Crippen LogP contribution in [0.5, 0.6) is 0 Å². The van der Waals surface area contributed by atoms with Crippen LogP contribution in [-0.4, -0.2) is 120 Å². The molecule has 2 aromatic carbocycles. The Kier molecular flexibility index (Phi) is 11.7. The van der Waals surface area contributed by atoms with Crippen molar-refractivity contribution in [1.29, 1.82) is 0 Å². The average Bonchev–Trinajstić information content (AvgIpc) is 4.03. The fourth-order valence-electron chi connectivity index (χ4n) is 9.33. The number of amides is 1. The summed E-state index contributed by atoms with van der Waals surface area (Å²) in [5, 5.41) is 28.8. The third-order valence-corrected chi connectivity index (χ3v) is 14.1. The molecule has 1 amide bonds. The molecule has 10 rings (SSSR count). The number of carboxylic acids is 1. The summed E-state index contributed by atoms with van der Waals surface area (Å²) in [6.45, 7) is 11.7. The third-order valence-electron chi connectivity index (χ3n) is 12.5. The lowest BCUT2D eigenvalue weighted by molar-refractivity contribution is -0.166. The molecular formula is C44H54N8O11S2. The Morgan fingerprint density at radius 2 is 1.15 bits per heavy atom. The molecule has 2 fully saturated rings. The van der Waals surface area contributed by atoms with E-state index >= 15 is 0 Å². The minimum absolute atomic E-state index is 0.0946. The van der Waals surface area contributed by atoms with Gasteiger partial charge in [-0.1, -0.05) is 34.6 Å². The number of ether oxygens (including phenoxy) is 2. The van der Waals surface area contributed by atoms with E-state index in [1.54, 1.807) is 4.90 Å². The highest BCUT2D eigenvalue weighted by molar-refractivity contribution is 7.91. The van der Waals surface area contributed by atoms with Crippen molar-refractivity contribution in [2.75, 3.05) is 50.2 Å². The third kappa shape index (κ3) is 9.20. The molecule has 4 aromatic rings. The van der Waals surface area contributed by atoms with E-state index in [-0.39, 0.29) is 11.5 Å². The zero-order chi connectivity index (χ0) is 46.9. The summed E-state index contributed by atoms with van der Waals surface area (Å²) in [5.74, 6) is -2.95. The predicted octanol–water partition coefficient (Wildman–Crippen LogP) is 2.59. The molecule has 65 heavy (non-hydrogen) atoms. The highest BCUT2D eigenvalue weighted by Gasteiger charge is 2.52. The highest BCUT2D eigenvalue weighted by Crippen LogP contribution is 2.45. The van der Waals surface area contributed by atoms with Crippen LogP contribution in [0, 0.1) is 13.8 Å². The molecule has 0 aliphatic carbocycles. The Morgan fingerprint density at radius 1 is 0.708 bits per heavy atom. The maximum Gasteiger partial charge on any atom is 0.318 e. The van der Waals surface area contributed by atoms with Crippen LogP contribution in [0.3, 0.4) is 0 Å². The number of oxime groups is 2. The molecule has 348 valence electrons. The number of nitrogens with one attached hydrogen (secondary N) is 1. The van der Waals surface area contributed by atoms with Crippen LogP contribution in [0.4, 0.5) is 0 Å². The number of aryl methyl sites for hydroxylation is 4. The van der Waals surface area contributed by atoms with E-state index < -0.39 is 54.0 Å². The summed E-state index contributed by atoms with van der Waals surface area (Å²) in [6.07, 6.45) is 3.31. The Balaban J connectivity index is 0.000000155. The Morgan fingerprint density at radius 3 is 1.52 bits per heavy atom. The molecule has 21 heteroatoms. The molecule has 2 saturated heterocycles. The van der Waals surface area contributed by atoms with Gasteiger partial charge in [0.05, 0.1) is 60.5 Å². The van der Waals surface area contributed by atoms with E-state index in [0.29, 0.717) is 32.7 Å². The fourth-order valence-corrected chi connectivity index (χ4v) is 10.4. The van der Waals surface area contributed by atoms with Crippen molar-refractivity contribution in [3.8, 4) is 0 Å². The Bertz CT molecular complexity index is 2880. The number of likely N-dealkylation sites (tertiary alicyclic amines) is 1. The van der Waals surface area contributed by atoms with Crippen LogP contribution in [0.25, 0.3) is 0 Å². The monoisotopic (exact) mass is 934 g/mol. The molecule has 19 nitrogen and oxygen atoms in total. The van der Waals surface area contributed by atoms with Gasteiger partial charge in [-0.15, -0.1) is 0 Å². The van der Waals surface area contributed by atoms with Crippen molar-refractivity contribution in [3.05, 3.63) is 105 Å². The lowest BCUT2D eigenvalue weighted by Crippen LogP contribution is -2.62. The number of rotatable bonds is 8. The number of carboxylic acid groups (broad SMARTS) is 1. The van der Waals surface area contributed by atoms with Crippen LogP contribution in [0.15, 0.2) is 58.8 Å². The molecule has 6 aliphatic heterocycles. The Hall–Kier alpha value is -5.48. The summed E-state index contributed by atoms with van der Waals surface area (Å²) in [5.41, 5.74) is 10.9. The number of aliphatic carboxylic acids is 1. The van der Waals surface area contributed by atoms with Gasteiger partial charge in [-0.2, -0.15) is 10.2 Å². The van der Waals surface area contributed by atoms with Gasteiger partial charge >= 0.3 is 5.97 Å². The number of carbonyl (C=O) groups excluding carboxylic acids is 1. The van der Waals surface area contributed by atoms with Crippen molar-refractivity contribution in [1.82, 2.24) is 29.8 Å². The summed E-state index contributed by atoms with van der Waals surface area (Å²) < 4.78 is 58.8. The van der Waals surface area contributed by atoms with Crippen LogP contribution < -0.4 is 5.32 Å². The quantitative estimate of drug-likeness (QED) is 0.259. The first-order valence-corrected chi connectivity index (χ1v) is 25.1. The lowest BCUT2D eigenvalue weighted by Gasteiger charge is -2.47. The molecule has 0 bridgehead atoms. The van der Waals surface area contributed by atoms with Gasteiger partial charge in [-0.05, 0) is 85.3 Å². The normalized spacial score (nSPS) is 23.1. The number of benzene rings is 2. The van der Waals surface area contributed by atoms with Gasteiger partial charge in [0.25, 0.3) is 0 Å². The highest BCUT2D eigenvalue weighted by atomic mass is 32.2. The van der Waals surface area contributed by atoms with E-state index in [9.17, 15) is 26.4 Å². The molecular weight excluding hydrogens is 881 g/mol. The van der Waals surface area contributed by atoms with Gasteiger partial charge in [-0.25, -0.2) is 16.8 Å². The van der Waals surface area contributed by atoms with Crippen LogP contribution >= 0.6 is 0 Å². The average molecular weight is 935 g/mol. The standard InChI is InChI=1S/C22H26N4O5S.C19H22N4O2.C3H6O4S/c1-14-7-19(25(3)23-14)21(2)9-18(24-31-21)15-5-6-17-16(8-15)10-30-22(17)12-26(13-22)20(27)11-32(4,28)29;1-12-6-17(23(3)21-12)18(2)8-16(22-25-18)13-4-5-15-14(7-13)9-24-19(15)10-20-11-19;1-8(6,7)2-3(4)5/h5-8H,9-13H2,1-4H3;4-7,20H,8-11H2,1-3H3;2H2,1H3,(H,4,5). The van der Waals surface area contributed by atoms with Crippen LogP contribution in [0.2, 0.25) is 0 Å². The van der Waals surface area contributed by atoms with Gasteiger partial charge in [0.15, 0.2) is 30.9 Å². The second-order valence-corrected chi connectivity index (χ2v) is 22.6. The number of carbonyl (C=O) groups is 2. The van der Waals surface area contributed by atoms with Gasteiger partial charge in [0, 0.05) is 52.5 Å².